The van der Waals surface area contributed by atoms with Gasteiger partial charge in [0, 0.05) is 26.9 Å². The predicted molar refractivity (Wildman–Crippen MR) is 92.7 cm³/mol. The number of aromatic amines is 1. The minimum Gasteiger partial charge on any atom is -0.321 e. The first kappa shape index (κ1) is 15.4. The van der Waals surface area contributed by atoms with Crippen molar-refractivity contribution < 1.29 is 0 Å². The minimum absolute atomic E-state index is 0.0142. The van der Waals surface area contributed by atoms with Crippen LogP contribution in [-0.2, 0) is 0 Å². The van der Waals surface area contributed by atoms with Crippen LogP contribution in [0.2, 0.25) is 10.0 Å². The van der Waals surface area contributed by atoms with Crippen LogP contribution in [0.25, 0.3) is 22.4 Å². The lowest BCUT2D eigenvalue weighted by atomic mass is 9.99. The molecule has 0 amide bonds. The lowest BCUT2D eigenvalue weighted by Gasteiger charge is -2.11. The summed E-state index contributed by atoms with van der Waals surface area (Å²) in [6.45, 7) is 0. The van der Waals surface area contributed by atoms with E-state index in [1.807, 2.05) is 36.4 Å². The predicted octanol–water partition coefficient (Wildman–Crippen LogP) is 4.89. The molecule has 0 aliphatic heterocycles. The topological polar surface area (TPSA) is 56.6 Å². The molecule has 0 fully saturated rings. The number of hydrogen-bond acceptors (Lipinski definition) is 2. The van der Waals surface area contributed by atoms with Crippen molar-refractivity contribution in [1.29, 1.82) is 5.26 Å². The number of nitriles is 1. The molecule has 0 saturated heterocycles. The van der Waals surface area contributed by atoms with Crippen molar-refractivity contribution in [2.75, 3.05) is 0 Å². The van der Waals surface area contributed by atoms with Crippen LogP contribution in [0.5, 0.6) is 0 Å². The van der Waals surface area contributed by atoms with E-state index in [0.29, 0.717) is 26.9 Å². The maximum Gasteiger partial charge on any atom is 0.266 e. The second-order valence-corrected chi connectivity index (χ2v) is 5.69. The molecule has 3 nitrogen and oxygen atoms in total. The Morgan fingerprint density at radius 2 is 1.61 bits per heavy atom. The van der Waals surface area contributed by atoms with E-state index in [9.17, 15) is 10.1 Å². The summed E-state index contributed by atoms with van der Waals surface area (Å²) in [6.07, 6.45) is 0. The van der Waals surface area contributed by atoms with Crippen LogP contribution in [0.3, 0.4) is 0 Å². The van der Waals surface area contributed by atoms with E-state index in [1.54, 1.807) is 24.3 Å². The van der Waals surface area contributed by atoms with Gasteiger partial charge in [0.2, 0.25) is 0 Å². The fourth-order valence-electron chi connectivity index (χ4n) is 2.40. The number of pyridine rings is 1. The molecule has 23 heavy (non-hydrogen) atoms. The van der Waals surface area contributed by atoms with E-state index in [1.165, 1.54) is 0 Å². The molecule has 1 aromatic heterocycles. The van der Waals surface area contributed by atoms with Crippen molar-refractivity contribution in [3.05, 3.63) is 80.6 Å². The van der Waals surface area contributed by atoms with Crippen molar-refractivity contribution in [3.8, 4) is 28.5 Å². The number of H-pyrrole nitrogens is 1. The van der Waals surface area contributed by atoms with Gasteiger partial charge in [-0.05, 0) is 23.8 Å². The SMILES string of the molecule is N#Cc1c(-c2c(Cl)cccc2Cl)cc(-c2ccccc2)[nH]c1=O. The highest BCUT2D eigenvalue weighted by atomic mass is 35.5. The standard InChI is InChI=1S/C18H10Cl2N2O/c19-14-7-4-8-15(20)17(14)12-9-16(11-5-2-1-3-6-11)22-18(23)13(12)10-21/h1-9H,(H,22,23). The summed E-state index contributed by atoms with van der Waals surface area (Å²) in [5, 5.41) is 10.1. The van der Waals surface area contributed by atoms with Crippen LogP contribution in [0.4, 0.5) is 0 Å². The van der Waals surface area contributed by atoms with E-state index in [-0.39, 0.29) is 5.56 Å². The Labute approximate surface area is 142 Å². The van der Waals surface area contributed by atoms with Gasteiger partial charge in [-0.25, -0.2) is 0 Å². The van der Waals surface area contributed by atoms with Crippen LogP contribution in [0.1, 0.15) is 5.56 Å². The molecule has 1 heterocycles. The zero-order valence-corrected chi connectivity index (χ0v) is 13.3. The van der Waals surface area contributed by atoms with Gasteiger partial charge < -0.3 is 4.98 Å². The van der Waals surface area contributed by atoms with Gasteiger partial charge in [-0.3, -0.25) is 4.79 Å². The molecule has 0 unspecified atom stereocenters. The number of aromatic nitrogens is 1. The van der Waals surface area contributed by atoms with E-state index >= 15 is 0 Å². The maximum absolute atomic E-state index is 12.3. The van der Waals surface area contributed by atoms with E-state index < -0.39 is 5.56 Å². The Hall–Kier alpha value is -2.54. The molecule has 1 N–H and O–H groups in total. The smallest absolute Gasteiger partial charge is 0.266 e. The summed E-state index contributed by atoms with van der Waals surface area (Å²) >= 11 is 12.5. The van der Waals surface area contributed by atoms with Crippen molar-refractivity contribution in [1.82, 2.24) is 4.98 Å². The van der Waals surface area contributed by atoms with Gasteiger partial charge in [0.25, 0.3) is 5.56 Å². The lowest BCUT2D eigenvalue weighted by molar-refractivity contribution is 1.22. The van der Waals surface area contributed by atoms with Crippen LogP contribution in [0, 0.1) is 11.3 Å². The second-order valence-electron chi connectivity index (χ2n) is 4.88. The quantitative estimate of drug-likeness (QED) is 0.722. The van der Waals surface area contributed by atoms with Gasteiger partial charge in [0.15, 0.2) is 0 Å². The van der Waals surface area contributed by atoms with Crippen LogP contribution in [0.15, 0.2) is 59.4 Å². The number of nitrogens with one attached hydrogen (secondary N) is 1. The average molecular weight is 341 g/mol. The minimum atomic E-state index is -0.472. The molecule has 5 heteroatoms. The fraction of sp³-hybridized carbons (Fsp3) is 0. The van der Waals surface area contributed by atoms with Crippen molar-refractivity contribution in [3.63, 3.8) is 0 Å². The van der Waals surface area contributed by atoms with Gasteiger partial charge in [-0.1, -0.05) is 59.6 Å². The van der Waals surface area contributed by atoms with Gasteiger partial charge in [0.1, 0.15) is 11.6 Å². The largest absolute Gasteiger partial charge is 0.321 e. The highest BCUT2D eigenvalue weighted by Gasteiger charge is 2.17. The van der Waals surface area contributed by atoms with Crippen LogP contribution in [-0.4, -0.2) is 4.98 Å². The lowest BCUT2D eigenvalue weighted by Crippen LogP contribution is -2.12. The summed E-state index contributed by atoms with van der Waals surface area (Å²) in [6, 6.07) is 18.1. The molecule has 0 aliphatic carbocycles. The number of rotatable bonds is 2. The summed E-state index contributed by atoms with van der Waals surface area (Å²) < 4.78 is 0. The Morgan fingerprint density at radius 3 is 2.22 bits per heavy atom. The van der Waals surface area contributed by atoms with Gasteiger partial charge in [-0.15, -0.1) is 0 Å². The Kier molecular flexibility index (Phi) is 4.20. The average Bonchev–Trinajstić information content (AvgIpc) is 2.55. The molecule has 0 atom stereocenters. The molecule has 0 aliphatic rings. The Morgan fingerprint density at radius 1 is 0.957 bits per heavy atom. The molecule has 0 spiro atoms. The Bertz CT molecular complexity index is 952. The molecule has 112 valence electrons. The molecule has 2 aromatic carbocycles. The van der Waals surface area contributed by atoms with Gasteiger partial charge in [-0.2, -0.15) is 5.26 Å². The first-order valence-electron chi connectivity index (χ1n) is 6.79. The number of nitrogens with zero attached hydrogens (tertiary/aromatic N) is 1. The molecule has 3 rings (SSSR count). The van der Waals surface area contributed by atoms with Gasteiger partial charge >= 0.3 is 0 Å². The Balaban J connectivity index is 2.35. The zero-order chi connectivity index (χ0) is 16.4. The number of benzene rings is 2. The van der Waals surface area contributed by atoms with E-state index in [0.717, 1.165) is 5.56 Å². The highest BCUT2D eigenvalue weighted by Crippen LogP contribution is 2.36. The summed E-state index contributed by atoms with van der Waals surface area (Å²) in [4.78, 5) is 15.0. The zero-order valence-electron chi connectivity index (χ0n) is 11.8. The first-order valence-corrected chi connectivity index (χ1v) is 7.54. The van der Waals surface area contributed by atoms with Crippen molar-refractivity contribution in [2.24, 2.45) is 0 Å². The third kappa shape index (κ3) is 2.87. The summed E-state index contributed by atoms with van der Waals surface area (Å²) in [7, 11) is 0. The molecule has 0 radical (unpaired) electrons. The molecule has 0 saturated carbocycles. The number of hydrogen-bond donors (Lipinski definition) is 1. The van der Waals surface area contributed by atoms with Crippen LogP contribution >= 0.6 is 23.2 Å². The molecule has 3 aromatic rings. The summed E-state index contributed by atoms with van der Waals surface area (Å²) in [5.74, 6) is 0. The van der Waals surface area contributed by atoms with Crippen molar-refractivity contribution >= 4 is 23.2 Å². The van der Waals surface area contributed by atoms with Gasteiger partial charge in [0.05, 0.1) is 0 Å². The third-order valence-corrected chi connectivity index (χ3v) is 4.09. The normalized spacial score (nSPS) is 10.3. The maximum atomic E-state index is 12.3. The third-order valence-electron chi connectivity index (χ3n) is 3.46. The first-order chi connectivity index (χ1) is 11.1. The van der Waals surface area contributed by atoms with Crippen LogP contribution < -0.4 is 5.56 Å². The second kappa shape index (κ2) is 6.29. The van der Waals surface area contributed by atoms with Crippen molar-refractivity contribution in [2.45, 2.75) is 0 Å². The summed E-state index contributed by atoms with van der Waals surface area (Å²) in [5.41, 5.74) is 1.85. The highest BCUT2D eigenvalue weighted by molar-refractivity contribution is 6.39. The van der Waals surface area contributed by atoms with E-state index in [2.05, 4.69) is 4.98 Å². The molecule has 0 bridgehead atoms. The fourth-order valence-corrected chi connectivity index (χ4v) is 3.00. The number of halogens is 2. The van der Waals surface area contributed by atoms with E-state index in [4.69, 9.17) is 23.2 Å². The molecular weight excluding hydrogens is 331 g/mol. The monoisotopic (exact) mass is 340 g/mol. The molecular formula is C18H10Cl2N2O.